The van der Waals surface area contributed by atoms with Crippen molar-refractivity contribution in [3.8, 4) is 0 Å². The number of hydrogen-bond acceptors (Lipinski definition) is 4. The second-order valence-electron chi connectivity index (χ2n) is 6.09. The molecule has 0 aliphatic carbocycles. The summed E-state index contributed by atoms with van der Waals surface area (Å²) in [6, 6.07) is 11.1. The Morgan fingerprint density at radius 1 is 1.04 bits per heavy atom. The van der Waals surface area contributed by atoms with Crippen molar-refractivity contribution in [2.75, 3.05) is 6.61 Å². The van der Waals surface area contributed by atoms with Gasteiger partial charge in [0.1, 0.15) is 0 Å². The van der Waals surface area contributed by atoms with Crippen LogP contribution in [0.5, 0.6) is 0 Å². The monoisotopic (exact) mass is 360 g/mol. The Kier molecular flexibility index (Phi) is 6.71. The largest absolute Gasteiger partial charge is 0.320 e. The summed E-state index contributed by atoms with van der Waals surface area (Å²) in [6.07, 6.45) is -0.946. The molecule has 0 aliphatic rings. The fraction of sp³-hybridized carbons (Fsp3) is 0.350. The van der Waals surface area contributed by atoms with Gasteiger partial charge in [0.2, 0.25) is 0 Å². The van der Waals surface area contributed by atoms with Crippen molar-refractivity contribution >= 4 is 14.0 Å². The lowest BCUT2D eigenvalue weighted by atomic mass is 9.89. The van der Waals surface area contributed by atoms with Gasteiger partial charge >= 0.3 is 8.25 Å². The Balaban J connectivity index is 2.49. The minimum atomic E-state index is -2.75. The minimum Gasteiger partial charge on any atom is -0.311 e. The number of ketones is 1. The van der Waals surface area contributed by atoms with Crippen molar-refractivity contribution in [1.29, 1.82) is 0 Å². The highest BCUT2D eigenvalue weighted by Crippen LogP contribution is 2.36. The van der Waals surface area contributed by atoms with Crippen LogP contribution in [0.2, 0.25) is 0 Å². The van der Waals surface area contributed by atoms with Crippen LogP contribution in [-0.2, 0) is 13.6 Å². The number of hydrogen-bond donors (Lipinski definition) is 0. The van der Waals surface area contributed by atoms with E-state index in [1.807, 2.05) is 52.0 Å². The number of aryl methyl sites for hydroxylation is 2. The summed E-state index contributed by atoms with van der Waals surface area (Å²) in [5, 5.41) is 0. The molecule has 0 spiro atoms. The molecule has 0 radical (unpaired) electrons. The highest BCUT2D eigenvalue weighted by molar-refractivity contribution is 7.33. The highest BCUT2D eigenvalue weighted by atomic mass is 31.1. The molecule has 5 heteroatoms. The number of carbonyl (C=O) groups excluding carboxylic acids is 1. The molecule has 0 saturated heterocycles. The molecule has 0 heterocycles. The first-order valence-corrected chi connectivity index (χ1v) is 9.59. The van der Waals surface area contributed by atoms with Crippen molar-refractivity contribution < 1.29 is 18.4 Å². The first-order valence-electron chi connectivity index (χ1n) is 8.36. The van der Waals surface area contributed by atoms with Crippen LogP contribution in [0.1, 0.15) is 51.2 Å². The zero-order chi connectivity index (χ0) is 18.6. The molecule has 2 unspecified atom stereocenters. The van der Waals surface area contributed by atoms with Gasteiger partial charge in [-0.2, -0.15) is 0 Å². The molecule has 2 aromatic carbocycles. The van der Waals surface area contributed by atoms with Crippen molar-refractivity contribution in [1.82, 2.24) is 0 Å². The van der Waals surface area contributed by atoms with E-state index in [0.717, 1.165) is 22.3 Å². The molecule has 2 atom stereocenters. The highest BCUT2D eigenvalue weighted by Gasteiger charge is 2.28. The standard InChI is InChI=1S/C20H25O4P/c1-6-23-25(22)24-20(17-10-8-7-9-11-17)19(21)18-14(3)12-13(2)15(4)16(18)5/h7-12,20,25H,6H2,1-5H3. The maximum absolute atomic E-state index is 13.3. The number of rotatable bonds is 7. The minimum absolute atomic E-state index is 0.192. The molecule has 4 nitrogen and oxygen atoms in total. The van der Waals surface area contributed by atoms with E-state index in [9.17, 15) is 9.36 Å². The molecule has 0 aromatic heterocycles. The molecule has 0 N–H and O–H groups in total. The number of benzene rings is 2. The molecule has 25 heavy (non-hydrogen) atoms. The third-order valence-electron chi connectivity index (χ3n) is 4.42. The van der Waals surface area contributed by atoms with E-state index in [0.29, 0.717) is 11.1 Å². The molecular formula is C20H25O4P. The van der Waals surface area contributed by atoms with Crippen molar-refractivity contribution in [3.05, 3.63) is 69.8 Å². The topological polar surface area (TPSA) is 52.6 Å². The average molecular weight is 360 g/mol. The van der Waals surface area contributed by atoms with Gasteiger partial charge in [0.25, 0.3) is 0 Å². The molecule has 2 aromatic rings. The number of Topliss-reactive ketones (excluding diaryl/α,β-unsaturated/α-hetero) is 1. The summed E-state index contributed by atoms with van der Waals surface area (Å²) in [5.41, 5.74) is 5.35. The summed E-state index contributed by atoms with van der Waals surface area (Å²) < 4.78 is 22.6. The van der Waals surface area contributed by atoms with E-state index in [1.165, 1.54) is 0 Å². The van der Waals surface area contributed by atoms with Gasteiger partial charge in [-0.3, -0.25) is 13.9 Å². The van der Waals surface area contributed by atoms with Gasteiger partial charge in [0.15, 0.2) is 11.9 Å². The lowest BCUT2D eigenvalue weighted by molar-refractivity contribution is 0.0767. The molecule has 0 fully saturated rings. The van der Waals surface area contributed by atoms with Crippen LogP contribution in [0.15, 0.2) is 36.4 Å². The van der Waals surface area contributed by atoms with Gasteiger partial charge in [-0.1, -0.05) is 36.4 Å². The van der Waals surface area contributed by atoms with E-state index >= 15 is 0 Å². The third-order valence-corrected chi connectivity index (χ3v) is 5.37. The molecule has 0 aliphatic heterocycles. The van der Waals surface area contributed by atoms with Crippen LogP contribution in [0.4, 0.5) is 0 Å². The van der Waals surface area contributed by atoms with Crippen LogP contribution in [0.3, 0.4) is 0 Å². The van der Waals surface area contributed by atoms with Crippen LogP contribution in [-0.4, -0.2) is 12.4 Å². The van der Waals surface area contributed by atoms with E-state index in [4.69, 9.17) is 9.05 Å². The molecule has 2 rings (SSSR count). The predicted octanol–water partition coefficient (Wildman–Crippen LogP) is 5.29. The van der Waals surface area contributed by atoms with E-state index in [1.54, 1.807) is 19.1 Å². The first kappa shape index (κ1) is 19.6. The second kappa shape index (κ2) is 8.57. The van der Waals surface area contributed by atoms with Crippen molar-refractivity contribution in [3.63, 3.8) is 0 Å². The van der Waals surface area contributed by atoms with Gasteiger partial charge in [-0.15, -0.1) is 0 Å². The fourth-order valence-electron chi connectivity index (χ4n) is 2.94. The third kappa shape index (κ3) is 4.46. The van der Waals surface area contributed by atoms with E-state index < -0.39 is 14.4 Å². The maximum atomic E-state index is 13.3. The molecule has 134 valence electrons. The normalized spacial score (nSPS) is 13.5. The first-order chi connectivity index (χ1) is 11.9. The second-order valence-corrected chi connectivity index (χ2v) is 7.12. The molecule has 0 bridgehead atoms. The number of carbonyl (C=O) groups is 1. The smallest absolute Gasteiger partial charge is 0.311 e. The van der Waals surface area contributed by atoms with Gasteiger partial charge < -0.3 is 4.52 Å². The van der Waals surface area contributed by atoms with Crippen LogP contribution in [0.25, 0.3) is 0 Å². The summed E-state index contributed by atoms with van der Waals surface area (Å²) >= 11 is 0. The maximum Gasteiger partial charge on any atom is 0.320 e. The summed E-state index contributed by atoms with van der Waals surface area (Å²) in [4.78, 5) is 13.3. The Bertz CT molecular complexity index is 784. The molecule has 0 amide bonds. The Morgan fingerprint density at radius 2 is 1.68 bits per heavy atom. The predicted molar refractivity (Wildman–Crippen MR) is 101 cm³/mol. The summed E-state index contributed by atoms with van der Waals surface area (Å²) in [6.45, 7) is 9.90. The Labute approximate surface area is 150 Å². The van der Waals surface area contributed by atoms with Gasteiger partial charge in [0, 0.05) is 5.56 Å². The lowest BCUT2D eigenvalue weighted by Gasteiger charge is -2.20. The Morgan fingerprint density at radius 3 is 2.28 bits per heavy atom. The lowest BCUT2D eigenvalue weighted by Crippen LogP contribution is -2.17. The zero-order valence-electron chi connectivity index (χ0n) is 15.4. The molecule has 0 saturated carbocycles. The Hall–Kier alpha value is -1.74. The fourth-order valence-corrected chi connectivity index (χ4v) is 3.68. The zero-order valence-corrected chi connectivity index (χ0v) is 16.4. The van der Waals surface area contributed by atoms with Crippen LogP contribution >= 0.6 is 8.25 Å². The van der Waals surface area contributed by atoms with Crippen molar-refractivity contribution in [2.45, 2.75) is 40.7 Å². The molecular weight excluding hydrogens is 335 g/mol. The van der Waals surface area contributed by atoms with E-state index in [2.05, 4.69) is 0 Å². The quantitative estimate of drug-likeness (QED) is 0.497. The van der Waals surface area contributed by atoms with Crippen LogP contribution < -0.4 is 0 Å². The summed E-state index contributed by atoms with van der Waals surface area (Å²) in [5.74, 6) is -0.192. The van der Waals surface area contributed by atoms with Crippen molar-refractivity contribution in [2.24, 2.45) is 0 Å². The van der Waals surface area contributed by atoms with Gasteiger partial charge in [-0.05, 0) is 62.4 Å². The van der Waals surface area contributed by atoms with Crippen LogP contribution in [0, 0.1) is 27.7 Å². The SMILES string of the molecule is CCO[PH](=O)OC(C(=O)c1c(C)cc(C)c(C)c1C)c1ccccc1. The summed E-state index contributed by atoms with van der Waals surface area (Å²) in [7, 11) is -2.75. The van der Waals surface area contributed by atoms with Gasteiger partial charge in [0.05, 0.1) is 6.61 Å². The van der Waals surface area contributed by atoms with Gasteiger partial charge in [-0.25, -0.2) is 0 Å². The van der Waals surface area contributed by atoms with E-state index in [-0.39, 0.29) is 12.4 Å². The average Bonchev–Trinajstić information content (AvgIpc) is 2.58.